The van der Waals surface area contributed by atoms with Gasteiger partial charge in [0.25, 0.3) is 0 Å². The summed E-state index contributed by atoms with van der Waals surface area (Å²) in [6.07, 6.45) is 6.16. The summed E-state index contributed by atoms with van der Waals surface area (Å²) in [6, 6.07) is 0.579. The summed E-state index contributed by atoms with van der Waals surface area (Å²) in [7, 11) is 0. The van der Waals surface area contributed by atoms with Gasteiger partial charge in [0, 0.05) is 38.2 Å². The van der Waals surface area contributed by atoms with Gasteiger partial charge in [0.2, 0.25) is 5.95 Å². The molecule has 0 aromatic carbocycles. The number of anilines is 1. The molecule has 4 heteroatoms. The van der Waals surface area contributed by atoms with E-state index in [0.717, 1.165) is 32.1 Å². The number of hydrogen-bond donors (Lipinski definition) is 1. The first-order valence-electron chi connectivity index (χ1n) is 6.49. The minimum absolute atomic E-state index is 0.433. The highest BCUT2D eigenvalue weighted by atomic mass is 16.5. The number of aromatic nitrogens is 2. The van der Waals surface area contributed by atoms with Crippen molar-refractivity contribution in [2.45, 2.75) is 46.2 Å². The van der Waals surface area contributed by atoms with Gasteiger partial charge in [0.15, 0.2) is 0 Å². The maximum absolute atomic E-state index is 5.34. The van der Waals surface area contributed by atoms with Crippen molar-refractivity contribution in [2.24, 2.45) is 5.41 Å². The van der Waals surface area contributed by atoms with Crippen LogP contribution >= 0.6 is 0 Å². The molecule has 4 nitrogen and oxygen atoms in total. The lowest BCUT2D eigenvalue weighted by Gasteiger charge is -2.10. The Hall–Kier alpha value is -1.03. The highest BCUT2D eigenvalue weighted by Gasteiger charge is 2.46. The zero-order valence-corrected chi connectivity index (χ0v) is 11.1. The predicted octanol–water partition coefficient (Wildman–Crippen LogP) is 2.52. The lowest BCUT2D eigenvalue weighted by Crippen LogP contribution is -2.13. The maximum Gasteiger partial charge on any atom is 0.203 e. The number of nitrogens with zero attached hydrogens (tertiary/aromatic N) is 2. The largest absolute Gasteiger partial charge is 0.382 e. The molecule has 17 heavy (non-hydrogen) atoms. The van der Waals surface area contributed by atoms with Crippen molar-refractivity contribution < 1.29 is 4.74 Å². The number of rotatable bonds is 7. The van der Waals surface area contributed by atoms with Crippen LogP contribution < -0.4 is 5.32 Å². The molecular formula is C13H23N3O. The van der Waals surface area contributed by atoms with Gasteiger partial charge in [-0.1, -0.05) is 13.8 Å². The van der Waals surface area contributed by atoms with Crippen molar-refractivity contribution in [2.75, 3.05) is 18.5 Å². The van der Waals surface area contributed by atoms with Crippen LogP contribution in [0.4, 0.5) is 5.95 Å². The molecule has 1 N–H and O–H groups in total. The topological polar surface area (TPSA) is 39.1 Å². The van der Waals surface area contributed by atoms with Crippen LogP contribution in [0.25, 0.3) is 0 Å². The summed E-state index contributed by atoms with van der Waals surface area (Å²) in [4.78, 5) is 4.37. The quantitative estimate of drug-likeness (QED) is 0.741. The van der Waals surface area contributed by atoms with Crippen LogP contribution in [0.5, 0.6) is 0 Å². The second kappa shape index (κ2) is 5.08. The van der Waals surface area contributed by atoms with Gasteiger partial charge in [-0.3, -0.25) is 0 Å². The Balaban J connectivity index is 1.80. The Labute approximate surface area is 103 Å². The van der Waals surface area contributed by atoms with E-state index in [-0.39, 0.29) is 0 Å². The van der Waals surface area contributed by atoms with E-state index in [1.54, 1.807) is 0 Å². The standard InChI is InChI=1S/C13H23N3O/c1-4-17-9-5-7-16-8-6-14-12(16)15-11-10-13(11,2)3/h6,8,11H,4-5,7,9-10H2,1-3H3,(H,14,15). The van der Waals surface area contributed by atoms with Crippen molar-refractivity contribution in [1.29, 1.82) is 0 Å². The SMILES string of the molecule is CCOCCCn1ccnc1NC1CC1(C)C. The van der Waals surface area contributed by atoms with Crippen molar-refractivity contribution in [3.63, 3.8) is 0 Å². The van der Waals surface area contributed by atoms with Gasteiger partial charge in [-0.2, -0.15) is 0 Å². The van der Waals surface area contributed by atoms with Gasteiger partial charge in [-0.25, -0.2) is 4.98 Å². The fourth-order valence-corrected chi connectivity index (χ4v) is 1.98. The highest BCUT2D eigenvalue weighted by Crippen LogP contribution is 2.46. The van der Waals surface area contributed by atoms with E-state index in [2.05, 4.69) is 28.7 Å². The molecule has 1 saturated carbocycles. The molecule has 0 saturated heterocycles. The number of aryl methyl sites for hydroxylation is 1. The van der Waals surface area contributed by atoms with E-state index < -0.39 is 0 Å². The first kappa shape index (κ1) is 12.4. The van der Waals surface area contributed by atoms with Crippen LogP contribution in [-0.2, 0) is 11.3 Å². The summed E-state index contributed by atoms with van der Waals surface area (Å²) in [6.45, 7) is 9.18. The van der Waals surface area contributed by atoms with Crippen molar-refractivity contribution in [1.82, 2.24) is 9.55 Å². The van der Waals surface area contributed by atoms with Gasteiger partial charge in [-0.15, -0.1) is 0 Å². The maximum atomic E-state index is 5.34. The Kier molecular flexibility index (Phi) is 3.72. The molecular weight excluding hydrogens is 214 g/mol. The zero-order valence-electron chi connectivity index (χ0n) is 11.1. The fraction of sp³-hybridized carbons (Fsp3) is 0.769. The third-order valence-electron chi connectivity index (χ3n) is 3.42. The van der Waals surface area contributed by atoms with E-state index in [1.165, 1.54) is 6.42 Å². The second-order valence-electron chi connectivity index (χ2n) is 5.38. The number of hydrogen-bond acceptors (Lipinski definition) is 3. The van der Waals surface area contributed by atoms with Crippen molar-refractivity contribution in [3.05, 3.63) is 12.4 Å². The predicted molar refractivity (Wildman–Crippen MR) is 69.1 cm³/mol. The normalized spacial score (nSPS) is 21.5. The molecule has 0 bridgehead atoms. The van der Waals surface area contributed by atoms with E-state index >= 15 is 0 Å². The molecule has 1 atom stereocenters. The summed E-state index contributed by atoms with van der Waals surface area (Å²) >= 11 is 0. The molecule has 1 aromatic heterocycles. The lowest BCUT2D eigenvalue weighted by molar-refractivity contribution is 0.142. The molecule has 2 rings (SSSR count). The van der Waals surface area contributed by atoms with Gasteiger partial charge in [0.05, 0.1) is 0 Å². The molecule has 1 aromatic rings. The monoisotopic (exact) mass is 237 g/mol. The average Bonchev–Trinajstić information content (AvgIpc) is 2.71. The van der Waals surface area contributed by atoms with E-state index in [0.29, 0.717) is 11.5 Å². The number of nitrogens with one attached hydrogen (secondary N) is 1. The van der Waals surface area contributed by atoms with E-state index in [9.17, 15) is 0 Å². The lowest BCUT2D eigenvalue weighted by atomic mass is 10.2. The fourth-order valence-electron chi connectivity index (χ4n) is 1.98. The van der Waals surface area contributed by atoms with Crippen molar-refractivity contribution >= 4 is 5.95 Å². The minimum atomic E-state index is 0.433. The molecule has 1 heterocycles. The number of ether oxygens (including phenoxy) is 1. The Bertz CT molecular complexity index is 359. The summed E-state index contributed by atoms with van der Waals surface area (Å²) in [5, 5.41) is 3.51. The zero-order chi connectivity index (χ0) is 12.3. The summed E-state index contributed by atoms with van der Waals surface area (Å²) < 4.78 is 7.52. The number of imidazole rings is 1. The van der Waals surface area contributed by atoms with Crippen LogP contribution in [-0.4, -0.2) is 28.8 Å². The first-order valence-corrected chi connectivity index (χ1v) is 6.49. The smallest absolute Gasteiger partial charge is 0.203 e. The molecule has 0 amide bonds. The molecule has 1 fully saturated rings. The summed E-state index contributed by atoms with van der Waals surface area (Å²) in [5.41, 5.74) is 0.433. The van der Waals surface area contributed by atoms with Crippen LogP contribution in [0.1, 0.15) is 33.6 Å². The van der Waals surface area contributed by atoms with Crippen LogP contribution in [0, 0.1) is 5.41 Å². The van der Waals surface area contributed by atoms with Gasteiger partial charge in [0.1, 0.15) is 0 Å². The van der Waals surface area contributed by atoms with Gasteiger partial charge in [-0.05, 0) is 25.2 Å². The molecule has 96 valence electrons. The minimum Gasteiger partial charge on any atom is -0.382 e. The Morgan fingerprint density at radius 2 is 2.35 bits per heavy atom. The second-order valence-corrected chi connectivity index (χ2v) is 5.38. The highest BCUT2D eigenvalue weighted by molar-refractivity contribution is 5.32. The van der Waals surface area contributed by atoms with Crippen LogP contribution in [0.3, 0.4) is 0 Å². The van der Waals surface area contributed by atoms with Crippen LogP contribution in [0.2, 0.25) is 0 Å². The molecule has 0 spiro atoms. The Morgan fingerprint density at radius 1 is 1.59 bits per heavy atom. The summed E-state index contributed by atoms with van der Waals surface area (Å²) in [5.74, 6) is 0.997. The van der Waals surface area contributed by atoms with Crippen molar-refractivity contribution in [3.8, 4) is 0 Å². The molecule has 0 radical (unpaired) electrons. The Morgan fingerprint density at radius 3 is 3.00 bits per heavy atom. The molecule has 1 aliphatic carbocycles. The van der Waals surface area contributed by atoms with Gasteiger partial charge < -0.3 is 14.6 Å². The third kappa shape index (κ3) is 3.22. The third-order valence-corrected chi connectivity index (χ3v) is 3.42. The molecule has 1 unspecified atom stereocenters. The first-order chi connectivity index (χ1) is 8.13. The van der Waals surface area contributed by atoms with E-state index in [1.807, 2.05) is 19.3 Å². The van der Waals surface area contributed by atoms with Crippen LogP contribution in [0.15, 0.2) is 12.4 Å². The van der Waals surface area contributed by atoms with Gasteiger partial charge >= 0.3 is 0 Å². The molecule has 0 aliphatic heterocycles. The molecule has 1 aliphatic rings. The average molecular weight is 237 g/mol. The van der Waals surface area contributed by atoms with E-state index in [4.69, 9.17) is 4.74 Å².